The third kappa shape index (κ3) is 2.69. The van der Waals surface area contributed by atoms with Gasteiger partial charge in [0.2, 0.25) is 0 Å². The molecule has 6 heteroatoms. The van der Waals surface area contributed by atoms with Crippen molar-refractivity contribution >= 4 is 17.5 Å². The number of halogens is 2. The molecule has 0 spiro atoms. The van der Waals surface area contributed by atoms with Gasteiger partial charge < -0.3 is 5.11 Å². The minimum Gasteiger partial charge on any atom is -0.365 e. The second-order valence-electron chi connectivity index (χ2n) is 5.34. The van der Waals surface area contributed by atoms with Crippen molar-refractivity contribution in [2.75, 3.05) is 0 Å². The largest absolute Gasteiger partial charge is 0.365 e. The van der Waals surface area contributed by atoms with Crippen LogP contribution in [0.2, 0.25) is 5.02 Å². The fourth-order valence-corrected chi connectivity index (χ4v) is 2.71. The lowest BCUT2D eigenvalue weighted by Gasteiger charge is -2.32. The molecule has 1 heterocycles. The summed E-state index contributed by atoms with van der Waals surface area (Å²) in [6.07, 6.45) is 0.0921. The lowest BCUT2D eigenvalue weighted by atomic mass is 9.98. The van der Waals surface area contributed by atoms with Crippen molar-refractivity contribution in [2.45, 2.75) is 12.1 Å². The molecule has 2 aromatic rings. The van der Waals surface area contributed by atoms with Crippen LogP contribution >= 0.6 is 11.6 Å². The first-order chi connectivity index (χ1) is 10.9. The lowest BCUT2D eigenvalue weighted by molar-refractivity contribution is -0.0837. The summed E-state index contributed by atoms with van der Waals surface area (Å²) in [5.41, 5.74) is 1.83. The van der Waals surface area contributed by atoms with Crippen molar-refractivity contribution in [2.24, 2.45) is 0 Å². The number of carbonyl (C=O) groups is 1. The van der Waals surface area contributed by atoms with Crippen LogP contribution in [0.15, 0.2) is 60.8 Å². The zero-order valence-corrected chi connectivity index (χ0v) is 12.8. The SMILES string of the molecule is C=C1CC(O)(c2ccc(Cl)cc2)N(C(=O)c2ccccc2F)N1. The highest BCUT2D eigenvalue weighted by Gasteiger charge is 2.46. The summed E-state index contributed by atoms with van der Waals surface area (Å²) in [4.78, 5) is 12.7. The minimum atomic E-state index is -1.67. The van der Waals surface area contributed by atoms with E-state index >= 15 is 0 Å². The van der Waals surface area contributed by atoms with Gasteiger partial charge in [-0.1, -0.05) is 42.4 Å². The number of hydrazine groups is 1. The molecule has 1 aliphatic heterocycles. The molecule has 2 N–H and O–H groups in total. The van der Waals surface area contributed by atoms with E-state index in [0.717, 1.165) is 5.01 Å². The summed E-state index contributed by atoms with van der Waals surface area (Å²) in [7, 11) is 0. The number of hydrogen-bond donors (Lipinski definition) is 2. The van der Waals surface area contributed by atoms with Gasteiger partial charge in [-0.2, -0.15) is 0 Å². The second kappa shape index (κ2) is 5.68. The number of benzene rings is 2. The molecule has 0 radical (unpaired) electrons. The first-order valence-electron chi connectivity index (χ1n) is 6.94. The maximum atomic E-state index is 13.9. The van der Waals surface area contributed by atoms with Gasteiger partial charge in [0, 0.05) is 22.7 Å². The Balaban J connectivity index is 2.03. The Morgan fingerprint density at radius 3 is 2.57 bits per heavy atom. The smallest absolute Gasteiger partial charge is 0.278 e. The van der Waals surface area contributed by atoms with E-state index in [-0.39, 0.29) is 12.0 Å². The highest BCUT2D eigenvalue weighted by atomic mass is 35.5. The van der Waals surface area contributed by atoms with Crippen molar-refractivity contribution in [1.29, 1.82) is 0 Å². The van der Waals surface area contributed by atoms with Crippen molar-refractivity contribution in [3.63, 3.8) is 0 Å². The first kappa shape index (κ1) is 15.5. The summed E-state index contributed by atoms with van der Waals surface area (Å²) in [6.45, 7) is 3.76. The predicted octanol–water partition coefficient (Wildman–Crippen LogP) is 3.19. The number of aliphatic hydroxyl groups is 1. The number of carbonyl (C=O) groups excluding carboxylic acids is 1. The Morgan fingerprint density at radius 1 is 1.26 bits per heavy atom. The standard InChI is InChI=1S/C17H14ClFN2O2/c1-11-10-17(23,12-6-8-13(18)9-7-12)21(20-11)16(22)14-4-2-3-5-15(14)19/h2-9,20,23H,1,10H2. The Kier molecular flexibility index (Phi) is 3.83. The van der Waals surface area contributed by atoms with Crippen LogP contribution in [0.4, 0.5) is 4.39 Å². The van der Waals surface area contributed by atoms with E-state index < -0.39 is 17.4 Å². The third-order valence-corrected chi connectivity index (χ3v) is 3.97. The quantitative estimate of drug-likeness (QED) is 0.888. The summed E-state index contributed by atoms with van der Waals surface area (Å²) in [5.74, 6) is -1.34. The maximum Gasteiger partial charge on any atom is 0.278 e. The van der Waals surface area contributed by atoms with Crippen LogP contribution in [0.1, 0.15) is 22.3 Å². The molecule has 0 aromatic heterocycles. The van der Waals surface area contributed by atoms with E-state index in [9.17, 15) is 14.3 Å². The molecule has 2 aromatic carbocycles. The Labute approximate surface area is 137 Å². The topological polar surface area (TPSA) is 52.6 Å². The predicted molar refractivity (Wildman–Crippen MR) is 84.8 cm³/mol. The molecule has 1 amide bonds. The normalized spacial score (nSPS) is 20.5. The Bertz CT molecular complexity index is 778. The van der Waals surface area contributed by atoms with Gasteiger partial charge in [-0.05, 0) is 24.3 Å². The van der Waals surface area contributed by atoms with Crippen LogP contribution < -0.4 is 5.43 Å². The number of nitrogens with zero attached hydrogens (tertiary/aromatic N) is 1. The third-order valence-electron chi connectivity index (χ3n) is 3.71. The molecule has 1 unspecified atom stereocenters. The average Bonchev–Trinajstić information content (AvgIpc) is 2.83. The van der Waals surface area contributed by atoms with Crippen LogP contribution in [-0.2, 0) is 5.72 Å². The summed E-state index contributed by atoms with van der Waals surface area (Å²) in [6, 6.07) is 12.1. The van der Waals surface area contributed by atoms with Gasteiger partial charge in [0.1, 0.15) is 5.82 Å². The van der Waals surface area contributed by atoms with E-state index in [4.69, 9.17) is 11.6 Å². The Hall–Kier alpha value is -2.37. The molecule has 1 saturated heterocycles. The van der Waals surface area contributed by atoms with Gasteiger partial charge in [-0.25, -0.2) is 9.40 Å². The van der Waals surface area contributed by atoms with Crippen LogP contribution in [0.3, 0.4) is 0 Å². The van der Waals surface area contributed by atoms with Gasteiger partial charge in [-0.3, -0.25) is 10.2 Å². The Morgan fingerprint density at radius 2 is 1.91 bits per heavy atom. The van der Waals surface area contributed by atoms with E-state index in [1.807, 2.05) is 0 Å². The van der Waals surface area contributed by atoms with Crippen LogP contribution in [-0.4, -0.2) is 16.0 Å². The summed E-state index contributed by atoms with van der Waals surface area (Å²) < 4.78 is 13.9. The van der Waals surface area contributed by atoms with E-state index in [1.165, 1.54) is 18.2 Å². The van der Waals surface area contributed by atoms with Gasteiger partial charge in [0.05, 0.1) is 5.56 Å². The van der Waals surface area contributed by atoms with Gasteiger partial charge >= 0.3 is 0 Å². The first-order valence-corrected chi connectivity index (χ1v) is 7.31. The number of hydrogen-bond acceptors (Lipinski definition) is 3. The number of rotatable bonds is 2. The molecule has 1 aliphatic rings. The summed E-state index contributed by atoms with van der Waals surface area (Å²) >= 11 is 5.86. The monoisotopic (exact) mass is 332 g/mol. The average molecular weight is 333 g/mol. The highest BCUT2D eigenvalue weighted by molar-refractivity contribution is 6.30. The van der Waals surface area contributed by atoms with E-state index in [1.54, 1.807) is 30.3 Å². The number of amides is 1. The highest BCUT2D eigenvalue weighted by Crippen LogP contribution is 2.37. The van der Waals surface area contributed by atoms with Gasteiger partial charge in [0.25, 0.3) is 5.91 Å². The summed E-state index contributed by atoms with van der Waals surface area (Å²) in [5, 5.41) is 12.5. The lowest BCUT2D eigenvalue weighted by Crippen LogP contribution is -2.49. The van der Waals surface area contributed by atoms with E-state index in [0.29, 0.717) is 16.3 Å². The molecule has 1 atom stereocenters. The van der Waals surface area contributed by atoms with Crippen molar-refractivity contribution in [3.05, 3.63) is 82.8 Å². The molecule has 4 nitrogen and oxygen atoms in total. The molecule has 3 rings (SSSR count). The van der Waals surface area contributed by atoms with Gasteiger partial charge in [-0.15, -0.1) is 0 Å². The van der Waals surface area contributed by atoms with Crippen LogP contribution in [0.5, 0.6) is 0 Å². The molecule has 0 saturated carbocycles. The minimum absolute atomic E-state index is 0.0921. The molecular weight excluding hydrogens is 319 g/mol. The maximum absolute atomic E-state index is 13.9. The molecule has 0 bridgehead atoms. The molecule has 118 valence electrons. The fraction of sp³-hybridized carbons (Fsp3) is 0.118. The zero-order valence-electron chi connectivity index (χ0n) is 12.1. The van der Waals surface area contributed by atoms with Gasteiger partial charge in [0.15, 0.2) is 5.72 Å². The second-order valence-corrected chi connectivity index (χ2v) is 5.77. The molecule has 1 fully saturated rings. The molecule has 0 aliphatic carbocycles. The molecular formula is C17H14ClFN2O2. The van der Waals surface area contributed by atoms with Crippen LogP contribution in [0.25, 0.3) is 0 Å². The van der Waals surface area contributed by atoms with Crippen LogP contribution in [0, 0.1) is 5.82 Å². The van der Waals surface area contributed by atoms with Crippen molar-refractivity contribution in [3.8, 4) is 0 Å². The van der Waals surface area contributed by atoms with E-state index in [2.05, 4.69) is 12.0 Å². The molecule has 23 heavy (non-hydrogen) atoms. The zero-order chi connectivity index (χ0) is 16.6. The number of nitrogens with one attached hydrogen (secondary N) is 1. The fourth-order valence-electron chi connectivity index (χ4n) is 2.59. The van der Waals surface area contributed by atoms with Crippen molar-refractivity contribution in [1.82, 2.24) is 10.4 Å². The van der Waals surface area contributed by atoms with Crippen molar-refractivity contribution < 1.29 is 14.3 Å².